The van der Waals surface area contributed by atoms with E-state index in [0.717, 1.165) is 22.5 Å². The Morgan fingerprint density at radius 2 is 1.88 bits per heavy atom. The molecule has 0 aliphatic heterocycles. The van der Waals surface area contributed by atoms with Crippen molar-refractivity contribution in [1.29, 1.82) is 5.26 Å². The van der Waals surface area contributed by atoms with Gasteiger partial charge in [-0.3, -0.25) is 5.10 Å². The van der Waals surface area contributed by atoms with Gasteiger partial charge in [0.2, 0.25) is 5.95 Å². The van der Waals surface area contributed by atoms with Gasteiger partial charge in [0.25, 0.3) is 5.78 Å². The third-order valence-electron chi connectivity index (χ3n) is 3.74. The molecule has 4 rings (SSSR count). The average molecular weight is 346 g/mol. The monoisotopic (exact) mass is 346 g/mol. The van der Waals surface area contributed by atoms with Gasteiger partial charge in [0, 0.05) is 5.69 Å². The Labute approximate surface area is 150 Å². The van der Waals surface area contributed by atoms with Crippen LogP contribution in [0.25, 0.3) is 16.8 Å². The molecule has 2 N–H and O–H groups in total. The molecule has 0 radical (unpaired) electrons. The molecule has 130 valence electrons. The van der Waals surface area contributed by atoms with E-state index in [2.05, 4.69) is 26.5 Å². The second kappa shape index (κ2) is 5.77. The minimum atomic E-state index is -0.228. The molecule has 0 bridgehead atoms. The van der Waals surface area contributed by atoms with Gasteiger partial charge in [-0.25, -0.2) is 9.50 Å². The van der Waals surface area contributed by atoms with Crippen LogP contribution in [0.15, 0.2) is 42.5 Å². The minimum absolute atomic E-state index is 0.228. The fourth-order valence-corrected chi connectivity index (χ4v) is 2.71. The van der Waals surface area contributed by atoms with Crippen molar-refractivity contribution in [3.05, 3.63) is 48.0 Å². The maximum atomic E-state index is 8.99. The number of hydrogen-bond acceptors (Lipinski definition) is 5. The minimum Gasteiger partial charge on any atom is -0.488 e. The normalized spacial score (nSPS) is 11.6. The summed E-state index contributed by atoms with van der Waals surface area (Å²) in [5.74, 6) is 1.95. The highest BCUT2D eigenvalue weighted by Crippen LogP contribution is 2.23. The zero-order valence-electron chi connectivity index (χ0n) is 14.7. The molecule has 0 fully saturated rings. The van der Waals surface area contributed by atoms with Crippen LogP contribution in [0, 0.1) is 11.3 Å². The van der Waals surface area contributed by atoms with Crippen LogP contribution >= 0.6 is 0 Å². The standard InChI is InChI=1S/C19H18N6O/c1-19(2,3)26-14-7-5-13(6-8-14)21-17-23-18-22-15-10-12(11-20)4-9-16(15)25(18)24-17/h4-10H,1-3H3,(H2,21,22,23,24). The molecule has 4 aromatic rings. The van der Waals surface area contributed by atoms with Crippen LogP contribution in [-0.2, 0) is 0 Å². The second-order valence-electron chi connectivity index (χ2n) is 7.00. The maximum Gasteiger partial charge on any atom is 0.253 e. The number of benzene rings is 2. The van der Waals surface area contributed by atoms with Gasteiger partial charge in [-0.05, 0) is 63.2 Å². The molecule has 7 nitrogen and oxygen atoms in total. The fourth-order valence-electron chi connectivity index (χ4n) is 2.71. The van der Waals surface area contributed by atoms with Crippen LogP contribution in [0.3, 0.4) is 0 Å². The van der Waals surface area contributed by atoms with Crippen molar-refractivity contribution in [2.75, 3.05) is 5.32 Å². The van der Waals surface area contributed by atoms with Gasteiger partial charge in [-0.1, -0.05) is 0 Å². The van der Waals surface area contributed by atoms with Crippen LogP contribution in [0.1, 0.15) is 26.3 Å². The molecule has 0 saturated heterocycles. The van der Waals surface area contributed by atoms with Crippen molar-refractivity contribution in [3.8, 4) is 11.8 Å². The molecule has 0 aliphatic rings. The molecule has 0 amide bonds. The third-order valence-corrected chi connectivity index (χ3v) is 3.74. The first-order valence-electron chi connectivity index (χ1n) is 8.26. The first-order valence-corrected chi connectivity index (χ1v) is 8.26. The van der Waals surface area contributed by atoms with Crippen LogP contribution in [0.5, 0.6) is 5.75 Å². The van der Waals surface area contributed by atoms with E-state index in [0.29, 0.717) is 17.3 Å². The van der Waals surface area contributed by atoms with Crippen molar-refractivity contribution >= 4 is 28.4 Å². The number of nitrogens with one attached hydrogen (secondary N) is 2. The molecule has 0 atom stereocenters. The van der Waals surface area contributed by atoms with Gasteiger partial charge in [0.15, 0.2) is 0 Å². The highest BCUT2D eigenvalue weighted by molar-refractivity contribution is 5.81. The molecule has 0 saturated carbocycles. The van der Waals surface area contributed by atoms with Gasteiger partial charge in [0.1, 0.15) is 11.4 Å². The quantitative estimate of drug-likeness (QED) is 0.585. The van der Waals surface area contributed by atoms with E-state index in [1.807, 2.05) is 51.1 Å². The van der Waals surface area contributed by atoms with Crippen molar-refractivity contribution in [2.45, 2.75) is 26.4 Å². The Balaban J connectivity index is 1.58. The smallest absolute Gasteiger partial charge is 0.253 e. The number of rotatable bonds is 3. The van der Waals surface area contributed by atoms with E-state index < -0.39 is 0 Å². The molecule has 7 heteroatoms. The zero-order chi connectivity index (χ0) is 18.3. The highest BCUT2D eigenvalue weighted by Gasteiger charge is 2.12. The summed E-state index contributed by atoms with van der Waals surface area (Å²) in [5, 5.41) is 15.4. The van der Waals surface area contributed by atoms with Crippen molar-refractivity contribution in [2.24, 2.45) is 0 Å². The van der Waals surface area contributed by atoms with E-state index in [-0.39, 0.29) is 5.60 Å². The van der Waals surface area contributed by atoms with Crippen molar-refractivity contribution in [3.63, 3.8) is 0 Å². The molecule has 2 aromatic heterocycles. The largest absolute Gasteiger partial charge is 0.488 e. The molecular formula is C19H18N6O. The number of ether oxygens (including phenoxy) is 1. The van der Waals surface area contributed by atoms with E-state index in [9.17, 15) is 0 Å². The first kappa shape index (κ1) is 16.0. The van der Waals surface area contributed by atoms with E-state index in [1.165, 1.54) is 0 Å². The van der Waals surface area contributed by atoms with Gasteiger partial charge >= 0.3 is 0 Å². The van der Waals surface area contributed by atoms with Gasteiger partial charge in [-0.15, -0.1) is 0 Å². The second-order valence-corrected chi connectivity index (χ2v) is 7.00. The average Bonchev–Trinajstić information content (AvgIpc) is 3.11. The lowest BCUT2D eigenvalue weighted by Crippen LogP contribution is -2.22. The number of aromatic nitrogens is 4. The Morgan fingerprint density at radius 1 is 1.12 bits per heavy atom. The summed E-state index contributed by atoms with van der Waals surface area (Å²) in [6, 6.07) is 15.2. The summed E-state index contributed by atoms with van der Waals surface area (Å²) < 4.78 is 7.61. The number of anilines is 2. The first-order chi connectivity index (χ1) is 12.4. The number of fused-ring (bicyclic) bond motifs is 3. The summed E-state index contributed by atoms with van der Waals surface area (Å²) in [6.45, 7) is 6.05. The number of nitriles is 1. The van der Waals surface area contributed by atoms with Gasteiger partial charge in [0.05, 0.1) is 22.7 Å². The van der Waals surface area contributed by atoms with Crippen molar-refractivity contribution < 1.29 is 4.74 Å². The van der Waals surface area contributed by atoms with Gasteiger partial charge in [-0.2, -0.15) is 10.2 Å². The third kappa shape index (κ3) is 3.05. The van der Waals surface area contributed by atoms with Crippen LogP contribution < -0.4 is 10.1 Å². The SMILES string of the molecule is CC(C)(C)Oc1ccc(Nc2nc3nc4cc(C#N)ccc4n3[nH]2)cc1. The number of hydrogen-bond donors (Lipinski definition) is 2. The molecule has 2 heterocycles. The molecule has 0 aliphatic carbocycles. The Kier molecular flexibility index (Phi) is 3.55. The molecule has 26 heavy (non-hydrogen) atoms. The van der Waals surface area contributed by atoms with Crippen molar-refractivity contribution in [1.82, 2.24) is 19.6 Å². The summed E-state index contributed by atoms with van der Waals surface area (Å²) in [6.07, 6.45) is 0. The van der Waals surface area contributed by atoms with Gasteiger partial charge < -0.3 is 10.1 Å². The lowest BCUT2D eigenvalue weighted by molar-refractivity contribution is 0.131. The molecular weight excluding hydrogens is 328 g/mol. The van der Waals surface area contributed by atoms with E-state index in [4.69, 9.17) is 10.00 Å². The highest BCUT2D eigenvalue weighted by atomic mass is 16.5. The maximum absolute atomic E-state index is 8.99. The number of H-pyrrole nitrogens is 1. The summed E-state index contributed by atoms with van der Waals surface area (Å²) in [5.41, 5.74) is 2.84. The predicted molar refractivity (Wildman–Crippen MR) is 99.7 cm³/mol. The number of imidazole rings is 1. The Morgan fingerprint density at radius 3 is 2.58 bits per heavy atom. The number of aromatic amines is 1. The molecule has 0 spiro atoms. The summed E-state index contributed by atoms with van der Waals surface area (Å²) in [7, 11) is 0. The Bertz CT molecular complexity index is 1130. The lowest BCUT2D eigenvalue weighted by atomic mass is 10.2. The Hall–Kier alpha value is -3.53. The van der Waals surface area contributed by atoms with Crippen LogP contribution in [0.4, 0.5) is 11.6 Å². The predicted octanol–water partition coefficient (Wildman–Crippen LogP) is 4.00. The molecule has 0 unspecified atom stereocenters. The zero-order valence-corrected chi connectivity index (χ0v) is 14.7. The van der Waals surface area contributed by atoms with Crippen LogP contribution in [0.2, 0.25) is 0 Å². The summed E-state index contributed by atoms with van der Waals surface area (Å²) >= 11 is 0. The fraction of sp³-hybridized carbons (Fsp3) is 0.211. The lowest BCUT2D eigenvalue weighted by Gasteiger charge is -2.21. The van der Waals surface area contributed by atoms with Crippen LogP contribution in [-0.4, -0.2) is 25.2 Å². The van der Waals surface area contributed by atoms with E-state index >= 15 is 0 Å². The molecule has 2 aromatic carbocycles. The number of nitrogens with zero attached hydrogens (tertiary/aromatic N) is 4. The van der Waals surface area contributed by atoms with E-state index in [1.54, 1.807) is 16.6 Å². The topological polar surface area (TPSA) is 91.0 Å². The summed E-state index contributed by atoms with van der Waals surface area (Å²) in [4.78, 5) is 8.90.